The smallest absolute Gasteiger partial charge is 0.191 e. The summed E-state index contributed by atoms with van der Waals surface area (Å²) < 4.78 is 5.11. The molecule has 0 saturated heterocycles. The third-order valence-corrected chi connectivity index (χ3v) is 3.19. The molecule has 0 amide bonds. The number of hydrogen-bond donors (Lipinski definition) is 2. The Balaban J connectivity index is 1.85. The summed E-state index contributed by atoms with van der Waals surface area (Å²) in [4.78, 5) is 0. The number of ether oxygens (including phenoxy) is 1. The lowest BCUT2D eigenvalue weighted by atomic mass is 10.2. The second-order valence-corrected chi connectivity index (χ2v) is 5.20. The summed E-state index contributed by atoms with van der Waals surface area (Å²) in [6.07, 6.45) is 3.93. The third kappa shape index (κ3) is 5.92. The van der Waals surface area contributed by atoms with Crippen LogP contribution < -0.4 is 15.5 Å². The van der Waals surface area contributed by atoms with Gasteiger partial charge in [-0.05, 0) is 55.0 Å². The summed E-state index contributed by atoms with van der Waals surface area (Å²) in [6.45, 7) is 1.91. The SMILES string of the molecule is COc1ccc(NC(=S)N/N=C(C)/C=C/c2ccccc2)cc1. The van der Waals surface area contributed by atoms with Crippen molar-refractivity contribution in [3.63, 3.8) is 0 Å². The molecular weight excluding hydrogens is 306 g/mol. The van der Waals surface area contributed by atoms with Crippen molar-refractivity contribution in [2.75, 3.05) is 12.4 Å². The van der Waals surface area contributed by atoms with Crippen molar-refractivity contribution in [3.05, 3.63) is 66.2 Å². The van der Waals surface area contributed by atoms with Crippen LogP contribution >= 0.6 is 12.2 Å². The average molecular weight is 325 g/mol. The van der Waals surface area contributed by atoms with Crippen molar-refractivity contribution < 1.29 is 4.74 Å². The number of benzene rings is 2. The minimum atomic E-state index is 0.433. The molecule has 2 N–H and O–H groups in total. The van der Waals surface area contributed by atoms with Crippen molar-refractivity contribution in [2.24, 2.45) is 5.10 Å². The van der Waals surface area contributed by atoms with Crippen LogP contribution in [0.3, 0.4) is 0 Å². The van der Waals surface area contributed by atoms with E-state index in [9.17, 15) is 0 Å². The van der Waals surface area contributed by atoms with E-state index in [0.717, 1.165) is 22.7 Å². The number of nitrogens with one attached hydrogen (secondary N) is 2. The zero-order valence-corrected chi connectivity index (χ0v) is 13.9. The third-order valence-electron chi connectivity index (χ3n) is 3.00. The highest BCUT2D eigenvalue weighted by Crippen LogP contribution is 2.14. The Labute approximate surface area is 141 Å². The van der Waals surface area contributed by atoms with E-state index in [1.165, 1.54) is 0 Å². The van der Waals surface area contributed by atoms with Crippen molar-refractivity contribution in [1.82, 2.24) is 5.43 Å². The van der Waals surface area contributed by atoms with E-state index in [1.807, 2.05) is 73.7 Å². The standard InChI is InChI=1S/C18H19N3OS/c1-14(8-9-15-6-4-3-5-7-15)20-21-18(23)19-16-10-12-17(22-2)13-11-16/h3-13H,1-2H3,(H2,19,21,23)/b9-8+,20-14+. The van der Waals surface area contributed by atoms with E-state index in [2.05, 4.69) is 15.8 Å². The fraction of sp³-hybridized carbons (Fsp3) is 0.111. The molecule has 0 spiro atoms. The predicted molar refractivity (Wildman–Crippen MR) is 101 cm³/mol. The molecule has 0 aromatic heterocycles. The van der Waals surface area contributed by atoms with E-state index in [4.69, 9.17) is 17.0 Å². The molecule has 0 saturated carbocycles. The van der Waals surface area contributed by atoms with Crippen molar-refractivity contribution in [3.8, 4) is 5.75 Å². The highest BCUT2D eigenvalue weighted by Gasteiger charge is 1.97. The Morgan fingerprint density at radius 2 is 1.78 bits per heavy atom. The first-order valence-corrected chi connectivity index (χ1v) is 7.56. The summed E-state index contributed by atoms with van der Waals surface area (Å²) in [5.41, 5.74) is 5.65. The Kier molecular flexibility index (Phi) is 6.32. The topological polar surface area (TPSA) is 45.6 Å². The molecular formula is C18H19N3OS. The zero-order valence-electron chi connectivity index (χ0n) is 13.1. The number of methoxy groups -OCH3 is 1. The van der Waals surface area contributed by atoms with Crippen LogP contribution in [-0.4, -0.2) is 17.9 Å². The summed E-state index contributed by atoms with van der Waals surface area (Å²) >= 11 is 5.21. The average Bonchev–Trinajstić information content (AvgIpc) is 2.60. The summed E-state index contributed by atoms with van der Waals surface area (Å²) in [6, 6.07) is 17.6. The lowest BCUT2D eigenvalue weighted by molar-refractivity contribution is 0.415. The van der Waals surface area contributed by atoms with Gasteiger partial charge < -0.3 is 10.1 Å². The Bertz CT molecular complexity index is 694. The van der Waals surface area contributed by atoms with Gasteiger partial charge >= 0.3 is 0 Å². The second kappa shape index (κ2) is 8.70. The maximum atomic E-state index is 5.21. The molecule has 0 heterocycles. The fourth-order valence-corrected chi connectivity index (χ4v) is 1.95. The number of anilines is 1. The van der Waals surface area contributed by atoms with Gasteiger partial charge in [-0.2, -0.15) is 5.10 Å². The van der Waals surface area contributed by atoms with E-state index >= 15 is 0 Å². The number of rotatable bonds is 5. The van der Waals surface area contributed by atoms with E-state index in [1.54, 1.807) is 7.11 Å². The monoisotopic (exact) mass is 325 g/mol. The van der Waals surface area contributed by atoms with Crippen LogP contribution in [0.4, 0.5) is 5.69 Å². The summed E-state index contributed by atoms with van der Waals surface area (Å²) in [5, 5.41) is 7.71. The highest BCUT2D eigenvalue weighted by molar-refractivity contribution is 7.80. The van der Waals surface area contributed by atoms with Crippen molar-refractivity contribution in [2.45, 2.75) is 6.92 Å². The minimum absolute atomic E-state index is 0.433. The van der Waals surface area contributed by atoms with Crippen LogP contribution in [-0.2, 0) is 0 Å². The van der Waals surface area contributed by atoms with Gasteiger partial charge in [-0.3, -0.25) is 5.43 Å². The number of nitrogens with zero attached hydrogens (tertiary/aromatic N) is 1. The van der Waals surface area contributed by atoms with Crippen LogP contribution in [0.5, 0.6) is 5.75 Å². The molecule has 0 atom stereocenters. The molecule has 0 aliphatic carbocycles. The number of thiocarbonyl (C=S) groups is 1. The molecule has 2 aromatic carbocycles. The molecule has 0 aliphatic heterocycles. The van der Waals surface area contributed by atoms with Gasteiger partial charge in [-0.25, -0.2) is 0 Å². The molecule has 0 radical (unpaired) electrons. The van der Waals surface area contributed by atoms with Gasteiger partial charge in [0.15, 0.2) is 5.11 Å². The zero-order chi connectivity index (χ0) is 16.5. The van der Waals surface area contributed by atoms with Crippen molar-refractivity contribution >= 4 is 34.8 Å². The van der Waals surface area contributed by atoms with Crippen LogP contribution in [0.1, 0.15) is 12.5 Å². The normalized spacial score (nSPS) is 11.3. The van der Waals surface area contributed by atoms with E-state index in [0.29, 0.717) is 5.11 Å². The lowest BCUT2D eigenvalue weighted by Crippen LogP contribution is -2.24. The molecule has 0 aliphatic rings. The first kappa shape index (κ1) is 16.7. The van der Waals surface area contributed by atoms with Gasteiger partial charge in [0, 0.05) is 5.69 Å². The maximum absolute atomic E-state index is 5.21. The number of hydrogen-bond acceptors (Lipinski definition) is 3. The van der Waals surface area contributed by atoms with Crippen LogP contribution in [0, 0.1) is 0 Å². The molecule has 0 fully saturated rings. The Morgan fingerprint density at radius 3 is 2.43 bits per heavy atom. The summed E-state index contributed by atoms with van der Waals surface area (Å²) in [5.74, 6) is 0.800. The molecule has 4 nitrogen and oxygen atoms in total. The molecule has 2 rings (SSSR count). The van der Waals surface area contributed by atoms with E-state index < -0.39 is 0 Å². The number of hydrazone groups is 1. The van der Waals surface area contributed by atoms with Gasteiger partial charge in [-0.1, -0.05) is 36.4 Å². The number of allylic oxidation sites excluding steroid dienone is 1. The molecule has 5 heteroatoms. The van der Waals surface area contributed by atoms with Crippen LogP contribution in [0.2, 0.25) is 0 Å². The lowest BCUT2D eigenvalue weighted by Gasteiger charge is -2.08. The van der Waals surface area contributed by atoms with Crippen molar-refractivity contribution in [1.29, 1.82) is 0 Å². The van der Waals surface area contributed by atoms with Gasteiger partial charge in [0.2, 0.25) is 0 Å². The minimum Gasteiger partial charge on any atom is -0.497 e. The largest absolute Gasteiger partial charge is 0.497 e. The van der Waals surface area contributed by atoms with Gasteiger partial charge in [-0.15, -0.1) is 0 Å². The Hall–Kier alpha value is -2.66. The molecule has 118 valence electrons. The van der Waals surface area contributed by atoms with Gasteiger partial charge in [0.1, 0.15) is 5.75 Å². The van der Waals surface area contributed by atoms with Gasteiger partial charge in [0.25, 0.3) is 0 Å². The first-order chi connectivity index (χ1) is 11.2. The van der Waals surface area contributed by atoms with Gasteiger partial charge in [0.05, 0.1) is 12.8 Å². The Morgan fingerprint density at radius 1 is 1.09 bits per heavy atom. The maximum Gasteiger partial charge on any atom is 0.191 e. The second-order valence-electron chi connectivity index (χ2n) is 4.79. The fourth-order valence-electron chi connectivity index (χ4n) is 1.79. The predicted octanol–water partition coefficient (Wildman–Crippen LogP) is 4.07. The highest BCUT2D eigenvalue weighted by atomic mass is 32.1. The summed E-state index contributed by atoms with van der Waals surface area (Å²) in [7, 11) is 1.63. The quantitative estimate of drug-likeness (QED) is 0.494. The van der Waals surface area contributed by atoms with Crippen LogP contribution in [0.25, 0.3) is 6.08 Å². The molecule has 2 aromatic rings. The van der Waals surface area contributed by atoms with E-state index in [-0.39, 0.29) is 0 Å². The molecule has 0 bridgehead atoms. The first-order valence-electron chi connectivity index (χ1n) is 7.16. The van der Waals surface area contributed by atoms with Crippen LogP contribution in [0.15, 0.2) is 65.8 Å². The molecule has 23 heavy (non-hydrogen) atoms. The molecule has 0 unspecified atom stereocenters.